The summed E-state index contributed by atoms with van der Waals surface area (Å²) >= 11 is 0. The Morgan fingerprint density at radius 3 is 3.19 bits per heavy atom. The molecule has 0 saturated carbocycles. The van der Waals surface area contributed by atoms with Gasteiger partial charge in [-0.3, -0.25) is 0 Å². The number of hydrogen-bond donors (Lipinski definition) is 1. The minimum Gasteiger partial charge on any atom is -0.381 e. The average molecular weight is 221 g/mol. The van der Waals surface area contributed by atoms with E-state index in [1.807, 2.05) is 19.2 Å². The molecule has 1 aromatic heterocycles. The van der Waals surface area contributed by atoms with Crippen LogP contribution in [0.3, 0.4) is 0 Å². The van der Waals surface area contributed by atoms with Crippen molar-refractivity contribution >= 4 is 0 Å². The predicted octanol–water partition coefficient (Wildman–Crippen LogP) is 0.945. The van der Waals surface area contributed by atoms with E-state index in [-0.39, 0.29) is 6.04 Å². The maximum atomic E-state index is 5.76. The quantitative estimate of drug-likeness (QED) is 0.822. The maximum absolute atomic E-state index is 5.76. The molecule has 2 N–H and O–H groups in total. The van der Waals surface area contributed by atoms with Crippen LogP contribution in [0.25, 0.3) is 0 Å². The van der Waals surface area contributed by atoms with Gasteiger partial charge in [-0.1, -0.05) is 0 Å². The van der Waals surface area contributed by atoms with Gasteiger partial charge in [0.2, 0.25) is 0 Å². The fourth-order valence-electron chi connectivity index (χ4n) is 1.99. The van der Waals surface area contributed by atoms with Gasteiger partial charge in [0.05, 0.1) is 0 Å². The summed E-state index contributed by atoms with van der Waals surface area (Å²) in [5.74, 6) is 1.51. The van der Waals surface area contributed by atoms with Crippen LogP contribution < -0.4 is 5.73 Å². The van der Waals surface area contributed by atoms with Crippen molar-refractivity contribution in [2.24, 2.45) is 11.7 Å². The van der Waals surface area contributed by atoms with Crippen molar-refractivity contribution in [3.8, 4) is 0 Å². The highest BCUT2D eigenvalue weighted by molar-refractivity contribution is 5.04. The number of rotatable bonds is 4. The lowest BCUT2D eigenvalue weighted by atomic mass is 10.0. The lowest BCUT2D eigenvalue weighted by Gasteiger charge is -2.08. The van der Waals surface area contributed by atoms with Crippen LogP contribution in [0.15, 0.2) is 12.3 Å². The second-order valence-electron chi connectivity index (χ2n) is 4.58. The van der Waals surface area contributed by atoms with Gasteiger partial charge in [-0.25, -0.2) is 9.97 Å². The van der Waals surface area contributed by atoms with Crippen molar-refractivity contribution in [2.75, 3.05) is 13.2 Å². The van der Waals surface area contributed by atoms with Crippen LogP contribution in [-0.2, 0) is 17.6 Å². The van der Waals surface area contributed by atoms with Gasteiger partial charge >= 0.3 is 0 Å². The summed E-state index contributed by atoms with van der Waals surface area (Å²) in [5, 5.41) is 0. The van der Waals surface area contributed by atoms with Gasteiger partial charge in [-0.15, -0.1) is 0 Å². The highest BCUT2D eigenvalue weighted by Crippen LogP contribution is 2.16. The predicted molar refractivity (Wildman–Crippen MR) is 62.0 cm³/mol. The highest BCUT2D eigenvalue weighted by Gasteiger charge is 2.17. The van der Waals surface area contributed by atoms with Gasteiger partial charge in [0.25, 0.3) is 0 Å². The third-order valence-electron chi connectivity index (χ3n) is 2.79. The molecule has 4 nitrogen and oxygen atoms in total. The molecule has 0 radical (unpaired) electrons. The summed E-state index contributed by atoms with van der Waals surface area (Å²) in [7, 11) is 0. The molecule has 16 heavy (non-hydrogen) atoms. The van der Waals surface area contributed by atoms with E-state index in [0.717, 1.165) is 44.0 Å². The Balaban J connectivity index is 1.97. The van der Waals surface area contributed by atoms with Crippen LogP contribution >= 0.6 is 0 Å². The Hall–Kier alpha value is -1.00. The normalized spacial score (nSPS) is 22.2. The molecule has 0 aliphatic carbocycles. The largest absolute Gasteiger partial charge is 0.381 e. The van der Waals surface area contributed by atoms with Crippen molar-refractivity contribution < 1.29 is 4.74 Å². The zero-order valence-corrected chi connectivity index (χ0v) is 9.72. The number of nitrogens with two attached hydrogens (primary N) is 1. The zero-order chi connectivity index (χ0) is 11.4. The first-order chi connectivity index (χ1) is 7.74. The minimum absolute atomic E-state index is 0.151. The lowest BCUT2D eigenvalue weighted by Crippen LogP contribution is -2.19. The fraction of sp³-hybridized carbons (Fsp3) is 0.667. The van der Waals surface area contributed by atoms with Gasteiger partial charge in [-0.2, -0.15) is 0 Å². The number of aromatic nitrogens is 2. The molecule has 2 rings (SSSR count). The second-order valence-corrected chi connectivity index (χ2v) is 4.58. The van der Waals surface area contributed by atoms with Gasteiger partial charge in [0.15, 0.2) is 0 Å². The molecule has 0 spiro atoms. The first-order valence-corrected chi connectivity index (χ1v) is 5.88. The van der Waals surface area contributed by atoms with Crippen molar-refractivity contribution in [3.05, 3.63) is 23.8 Å². The molecule has 4 heteroatoms. The van der Waals surface area contributed by atoms with Gasteiger partial charge in [0, 0.05) is 44.0 Å². The van der Waals surface area contributed by atoms with E-state index < -0.39 is 0 Å². The Morgan fingerprint density at radius 1 is 1.62 bits per heavy atom. The van der Waals surface area contributed by atoms with Crippen LogP contribution in [0.2, 0.25) is 0 Å². The molecular formula is C12H19N3O. The summed E-state index contributed by atoms with van der Waals surface area (Å²) in [6.07, 6.45) is 4.69. The summed E-state index contributed by atoms with van der Waals surface area (Å²) in [5.41, 5.74) is 6.80. The Morgan fingerprint density at radius 2 is 2.50 bits per heavy atom. The smallest absolute Gasteiger partial charge is 0.128 e. The van der Waals surface area contributed by atoms with Crippen LogP contribution in [0, 0.1) is 5.92 Å². The molecule has 0 bridgehead atoms. The van der Waals surface area contributed by atoms with E-state index in [9.17, 15) is 0 Å². The first-order valence-electron chi connectivity index (χ1n) is 5.88. The Labute approximate surface area is 96.2 Å². The summed E-state index contributed by atoms with van der Waals surface area (Å²) in [6, 6.07) is 2.09. The Kier molecular flexibility index (Phi) is 3.85. The molecule has 1 aliphatic heterocycles. The molecule has 2 atom stereocenters. The maximum Gasteiger partial charge on any atom is 0.128 e. The fourth-order valence-corrected chi connectivity index (χ4v) is 1.99. The van der Waals surface area contributed by atoms with E-state index in [0.29, 0.717) is 5.92 Å². The summed E-state index contributed by atoms with van der Waals surface area (Å²) in [4.78, 5) is 8.83. The molecule has 2 unspecified atom stereocenters. The molecule has 1 saturated heterocycles. The number of hydrogen-bond acceptors (Lipinski definition) is 4. The van der Waals surface area contributed by atoms with Crippen molar-refractivity contribution in [1.82, 2.24) is 9.97 Å². The van der Waals surface area contributed by atoms with Crippen LogP contribution in [-0.4, -0.2) is 29.2 Å². The van der Waals surface area contributed by atoms with Crippen molar-refractivity contribution in [1.29, 1.82) is 0 Å². The highest BCUT2D eigenvalue weighted by atomic mass is 16.5. The monoisotopic (exact) mass is 221 g/mol. The molecule has 88 valence electrons. The van der Waals surface area contributed by atoms with Crippen LogP contribution in [0.4, 0.5) is 0 Å². The van der Waals surface area contributed by atoms with Crippen molar-refractivity contribution in [2.45, 2.75) is 32.2 Å². The van der Waals surface area contributed by atoms with Crippen LogP contribution in [0.5, 0.6) is 0 Å². The van der Waals surface area contributed by atoms with E-state index in [1.165, 1.54) is 0 Å². The Bertz CT molecular complexity index is 335. The van der Waals surface area contributed by atoms with Gasteiger partial charge < -0.3 is 10.5 Å². The zero-order valence-electron chi connectivity index (χ0n) is 9.72. The molecular weight excluding hydrogens is 202 g/mol. The SMILES string of the molecule is CC(N)Cc1ccnc(CC2CCOC2)n1. The molecule has 1 fully saturated rings. The standard InChI is InChI=1S/C12H19N3O/c1-9(13)6-11-2-4-14-12(15-11)7-10-3-5-16-8-10/h2,4,9-10H,3,5-8,13H2,1H3. The molecule has 2 heterocycles. The summed E-state index contributed by atoms with van der Waals surface area (Å²) < 4.78 is 5.35. The topological polar surface area (TPSA) is 61.0 Å². The molecule has 0 amide bonds. The van der Waals surface area contributed by atoms with Gasteiger partial charge in [0.1, 0.15) is 5.82 Å². The van der Waals surface area contributed by atoms with Gasteiger partial charge in [-0.05, 0) is 25.3 Å². The molecule has 1 aliphatic rings. The minimum atomic E-state index is 0.151. The third kappa shape index (κ3) is 3.25. The number of ether oxygens (including phenoxy) is 1. The first kappa shape index (κ1) is 11.5. The average Bonchev–Trinajstić information content (AvgIpc) is 2.70. The molecule has 0 aromatic carbocycles. The van der Waals surface area contributed by atoms with E-state index in [2.05, 4.69) is 9.97 Å². The number of nitrogens with zero attached hydrogens (tertiary/aromatic N) is 2. The van der Waals surface area contributed by atoms with Crippen molar-refractivity contribution in [3.63, 3.8) is 0 Å². The van der Waals surface area contributed by atoms with E-state index in [4.69, 9.17) is 10.5 Å². The van der Waals surface area contributed by atoms with Crippen LogP contribution in [0.1, 0.15) is 24.9 Å². The van der Waals surface area contributed by atoms with E-state index >= 15 is 0 Å². The molecule has 1 aromatic rings. The summed E-state index contributed by atoms with van der Waals surface area (Å²) in [6.45, 7) is 3.72. The second kappa shape index (κ2) is 5.37. The lowest BCUT2D eigenvalue weighted by molar-refractivity contribution is 0.185. The van der Waals surface area contributed by atoms with E-state index in [1.54, 1.807) is 0 Å². The third-order valence-corrected chi connectivity index (χ3v) is 2.79.